The molecule has 1 aromatic heterocycles. The van der Waals surface area contributed by atoms with E-state index in [2.05, 4.69) is 10.2 Å². The van der Waals surface area contributed by atoms with Crippen molar-refractivity contribution in [1.29, 1.82) is 0 Å². The van der Waals surface area contributed by atoms with E-state index in [-0.39, 0.29) is 6.04 Å². The van der Waals surface area contributed by atoms with Crippen LogP contribution in [-0.4, -0.2) is 34.2 Å². The van der Waals surface area contributed by atoms with Crippen molar-refractivity contribution in [3.63, 3.8) is 0 Å². The van der Waals surface area contributed by atoms with Crippen molar-refractivity contribution in [2.24, 2.45) is 5.73 Å². The molecule has 2 rings (SSSR count). The maximum atomic E-state index is 12.3. The minimum absolute atomic E-state index is 0.130. The number of H-pyrrole nitrogens is 1. The van der Waals surface area contributed by atoms with Gasteiger partial charge in [0.1, 0.15) is 0 Å². The van der Waals surface area contributed by atoms with Gasteiger partial charge in [0.05, 0.1) is 0 Å². The molecule has 0 aliphatic carbocycles. The van der Waals surface area contributed by atoms with Gasteiger partial charge in [-0.2, -0.15) is 18.3 Å². The largest absolute Gasteiger partial charge is 0.435 e. The highest BCUT2D eigenvalue weighted by Gasteiger charge is 2.34. The van der Waals surface area contributed by atoms with E-state index in [1.54, 1.807) is 0 Å². The topological polar surface area (TPSA) is 57.9 Å². The van der Waals surface area contributed by atoms with Crippen LogP contribution in [0, 0.1) is 0 Å². The lowest BCUT2D eigenvalue weighted by molar-refractivity contribution is -0.141. The molecular weight excluding hydrogens is 221 g/mol. The summed E-state index contributed by atoms with van der Waals surface area (Å²) in [4.78, 5) is 2.01. The minimum Gasteiger partial charge on any atom is -0.326 e. The molecule has 0 bridgehead atoms. The predicted molar refractivity (Wildman–Crippen MR) is 51.5 cm³/mol. The standard InChI is InChI=1S/C9H13F3N4/c10-9(11,12)8-3-7(14-15-8)5-16-2-1-6(13)4-16/h3,6H,1-2,4-5,13H2,(H,14,15)/t6-/m0/s1. The van der Waals surface area contributed by atoms with Crippen LogP contribution in [0.25, 0.3) is 0 Å². The third kappa shape index (κ3) is 2.53. The molecule has 0 spiro atoms. The van der Waals surface area contributed by atoms with Crippen molar-refractivity contribution >= 4 is 0 Å². The van der Waals surface area contributed by atoms with Crippen LogP contribution in [0.3, 0.4) is 0 Å². The van der Waals surface area contributed by atoms with E-state index in [0.717, 1.165) is 25.6 Å². The SMILES string of the molecule is N[C@H]1CCN(Cc2cc(C(F)(F)F)n[nH]2)C1. The Morgan fingerprint density at radius 2 is 2.31 bits per heavy atom. The molecule has 1 fully saturated rings. The Balaban J connectivity index is 1.98. The van der Waals surface area contributed by atoms with Gasteiger partial charge in [-0.15, -0.1) is 0 Å². The first kappa shape index (κ1) is 11.4. The Hall–Kier alpha value is -1.08. The zero-order chi connectivity index (χ0) is 11.8. The van der Waals surface area contributed by atoms with Crippen molar-refractivity contribution in [1.82, 2.24) is 15.1 Å². The highest BCUT2D eigenvalue weighted by molar-refractivity contribution is 5.11. The molecule has 1 aromatic rings. The normalized spacial score (nSPS) is 22.9. The van der Waals surface area contributed by atoms with E-state index in [4.69, 9.17) is 5.73 Å². The van der Waals surface area contributed by atoms with Gasteiger partial charge >= 0.3 is 6.18 Å². The number of likely N-dealkylation sites (tertiary alicyclic amines) is 1. The van der Waals surface area contributed by atoms with Gasteiger partial charge < -0.3 is 5.73 Å². The zero-order valence-corrected chi connectivity index (χ0v) is 8.59. The number of nitrogens with zero attached hydrogens (tertiary/aromatic N) is 2. The summed E-state index contributed by atoms with van der Waals surface area (Å²) in [6.45, 7) is 1.98. The van der Waals surface area contributed by atoms with Crippen LogP contribution < -0.4 is 5.73 Å². The predicted octanol–water partition coefficient (Wildman–Crippen LogP) is 0.961. The van der Waals surface area contributed by atoms with Crippen LogP contribution in [-0.2, 0) is 12.7 Å². The number of nitrogens with one attached hydrogen (secondary N) is 1. The number of halogens is 3. The van der Waals surface area contributed by atoms with Gasteiger partial charge in [-0.05, 0) is 12.5 Å². The summed E-state index contributed by atoms with van der Waals surface area (Å²) in [5, 5.41) is 5.64. The average Bonchev–Trinajstić information content (AvgIpc) is 2.74. The van der Waals surface area contributed by atoms with E-state index in [9.17, 15) is 13.2 Å². The van der Waals surface area contributed by atoms with Crippen molar-refractivity contribution in [2.45, 2.75) is 25.2 Å². The number of hydrogen-bond acceptors (Lipinski definition) is 3. The number of aromatic nitrogens is 2. The Kier molecular flexibility index (Phi) is 2.90. The van der Waals surface area contributed by atoms with Crippen LogP contribution in [0.5, 0.6) is 0 Å². The zero-order valence-electron chi connectivity index (χ0n) is 8.59. The molecule has 4 nitrogen and oxygen atoms in total. The smallest absolute Gasteiger partial charge is 0.326 e. The quantitative estimate of drug-likeness (QED) is 0.801. The maximum absolute atomic E-state index is 12.3. The third-order valence-electron chi connectivity index (χ3n) is 2.62. The Morgan fingerprint density at radius 3 is 2.81 bits per heavy atom. The second-order valence-corrected chi connectivity index (χ2v) is 4.06. The lowest BCUT2D eigenvalue weighted by atomic mass is 10.3. The molecule has 1 aliphatic heterocycles. The second kappa shape index (κ2) is 4.06. The molecule has 3 N–H and O–H groups in total. The molecule has 7 heteroatoms. The molecule has 0 radical (unpaired) electrons. The van der Waals surface area contributed by atoms with Crippen LogP contribution in [0.15, 0.2) is 6.07 Å². The van der Waals surface area contributed by atoms with Crippen LogP contribution in [0.2, 0.25) is 0 Å². The van der Waals surface area contributed by atoms with E-state index >= 15 is 0 Å². The number of hydrogen-bond donors (Lipinski definition) is 2. The molecule has 0 aromatic carbocycles. The summed E-state index contributed by atoms with van der Waals surface area (Å²) in [5.41, 5.74) is 5.31. The molecule has 0 unspecified atom stereocenters. The van der Waals surface area contributed by atoms with Gasteiger partial charge in [0, 0.05) is 31.4 Å². The van der Waals surface area contributed by atoms with Gasteiger partial charge in [-0.1, -0.05) is 0 Å². The number of rotatable bonds is 2. The fraction of sp³-hybridized carbons (Fsp3) is 0.667. The lowest BCUT2D eigenvalue weighted by Crippen LogP contribution is -2.26. The number of alkyl halides is 3. The monoisotopic (exact) mass is 234 g/mol. The molecule has 1 atom stereocenters. The number of nitrogens with two attached hydrogens (primary N) is 1. The van der Waals surface area contributed by atoms with E-state index in [0.29, 0.717) is 12.2 Å². The minimum atomic E-state index is -4.38. The fourth-order valence-electron chi connectivity index (χ4n) is 1.83. The average molecular weight is 234 g/mol. The Labute approximate surface area is 90.6 Å². The molecule has 2 heterocycles. The van der Waals surface area contributed by atoms with Crippen molar-refractivity contribution in [2.75, 3.05) is 13.1 Å². The molecule has 16 heavy (non-hydrogen) atoms. The summed E-state index contributed by atoms with van der Waals surface area (Å²) < 4.78 is 36.8. The van der Waals surface area contributed by atoms with Gasteiger partial charge in [-0.3, -0.25) is 10.00 Å². The summed E-state index contributed by atoms with van der Waals surface area (Å²) in [7, 11) is 0. The molecule has 90 valence electrons. The van der Waals surface area contributed by atoms with Crippen LogP contribution in [0.1, 0.15) is 17.8 Å². The van der Waals surface area contributed by atoms with Crippen molar-refractivity contribution in [3.05, 3.63) is 17.5 Å². The molecule has 0 saturated carbocycles. The molecule has 1 aliphatic rings. The molecule has 0 amide bonds. The Bertz CT molecular complexity index is 360. The van der Waals surface area contributed by atoms with Gasteiger partial charge in [0.2, 0.25) is 0 Å². The van der Waals surface area contributed by atoms with Crippen LogP contribution in [0.4, 0.5) is 13.2 Å². The summed E-state index contributed by atoms with van der Waals surface area (Å²) in [5.74, 6) is 0. The third-order valence-corrected chi connectivity index (χ3v) is 2.62. The lowest BCUT2D eigenvalue weighted by Gasteiger charge is -2.12. The van der Waals surface area contributed by atoms with Gasteiger partial charge in [-0.25, -0.2) is 0 Å². The first-order valence-electron chi connectivity index (χ1n) is 5.04. The number of aromatic amines is 1. The van der Waals surface area contributed by atoms with E-state index in [1.807, 2.05) is 4.90 Å². The second-order valence-electron chi connectivity index (χ2n) is 4.06. The van der Waals surface area contributed by atoms with Crippen molar-refractivity contribution < 1.29 is 13.2 Å². The van der Waals surface area contributed by atoms with Gasteiger partial charge in [0.15, 0.2) is 5.69 Å². The highest BCUT2D eigenvalue weighted by Crippen LogP contribution is 2.28. The van der Waals surface area contributed by atoms with Crippen molar-refractivity contribution in [3.8, 4) is 0 Å². The summed E-state index contributed by atoms with van der Waals surface area (Å²) in [6, 6.07) is 1.18. The van der Waals surface area contributed by atoms with E-state index in [1.165, 1.54) is 0 Å². The van der Waals surface area contributed by atoms with Crippen LogP contribution >= 0.6 is 0 Å². The highest BCUT2D eigenvalue weighted by atomic mass is 19.4. The first-order valence-corrected chi connectivity index (χ1v) is 5.04. The van der Waals surface area contributed by atoms with Gasteiger partial charge in [0.25, 0.3) is 0 Å². The summed E-state index contributed by atoms with van der Waals surface area (Å²) >= 11 is 0. The molecular formula is C9H13F3N4. The van der Waals surface area contributed by atoms with E-state index < -0.39 is 11.9 Å². The maximum Gasteiger partial charge on any atom is 0.435 e. The molecule has 1 saturated heterocycles. The fourth-order valence-corrected chi connectivity index (χ4v) is 1.83. The summed E-state index contributed by atoms with van der Waals surface area (Å²) in [6.07, 6.45) is -3.49. The Morgan fingerprint density at radius 1 is 1.56 bits per heavy atom. The first-order chi connectivity index (χ1) is 7.45.